The maximum Gasteiger partial charge on any atom is 0.271 e. The highest BCUT2D eigenvalue weighted by Crippen LogP contribution is 2.32. The van der Waals surface area contributed by atoms with Gasteiger partial charge in [-0.15, -0.1) is 11.3 Å². The van der Waals surface area contributed by atoms with Gasteiger partial charge in [-0.1, -0.05) is 11.6 Å². The maximum atomic E-state index is 13.5. The Hall–Kier alpha value is -0.630. The second kappa shape index (κ2) is 5.40. The predicted octanol–water partition coefficient (Wildman–Crippen LogP) is 4.41. The van der Waals surface area contributed by atoms with Crippen LogP contribution in [0.25, 0.3) is 0 Å². The highest BCUT2D eigenvalue weighted by atomic mass is 79.9. The number of anilines is 1. The molecule has 0 fully saturated rings. The third-order valence-electron chi connectivity index (χ3n) is 2.27. The van der Waals surface area contributed by atoms with Crippen LogP contribution in [0.15, 0.2) is 32.3 Å². The highest BCUT2D eigenvalue weighted by Gasteiger charge is 2.20. The molecule has 0 aliphatic heterocycles. The molecule has 0 saturated heterocycles. The van der Waals surface area contributed by atoms with E-state index >= 15 is 0 Å². The zero-order chi connectivity index (χ0) is 14.2. The molecule has 0 amide bonds. The van der Waals surface area contributed by atoms with Crippen LogP contribution < -0.4 is 4.72 Å². The van der Waals surface area contributed by atoms with Gasteiger partial charge in [-0.2, -0.15) is 0 Å². The van der Waals surface area contributed by atoms with Gasteiger partial charge < -0.3 is 0 Å². The molecule has 0 radical (unpaired) electrons. The summed E-state index contributed by atoms with van der Waals surface area (Å²) in [6, 6.07) is 5.19. The Bertz CT molecular complexity index is 711. The van der Waals surface area contributed by atoms with Crippen molar-refractivity contribution < 1.29 is 12.8 Å². The van der Waals surface area contributed by atoms with Crippen molar-refractivity contribution in [3.8, 4) is 0 Å². The van der Waals surface area contributed by atoms with E-state index in [1.165, 1.54) is 18.2 Å². The Kier molecular flexibility index (Phi) is 4.20. The molecule has 102 valence electrons. The van der Waals surface area contributed by atoms with E-state index in [2.05, 4.69) is 20.7 Å². The van der Waals surface area contributed by atoms with Gasteiger partial charge in [-0.3, -0.25) is 4.72 Å². The van der Waals surface area contributed by atoms with Crippen molar-refractivity contribution in [3.63, 3.8) is 0 Å². The Labute approximate surface area is 127 Å². The SMILES string of the molecule is Cc1cc(S(=O)(=O)Nc2cc(Cl)ccc2F)sc1Br. The number of nitrogens with one attached hydrogen (secondary N) is 1. The number of benzene rings is 1. The minimum atomic E-state index is -3.81. The molecule has 1 aromatic heterocycles. The van der Waals surface area contributed by atoms with Gasteiger partial charge in [-0.25, -0.2) is 12.8 Å². The van der Waals surface area contributed by atoms with Crippen LogP contribution in [0.4, 0.5) is 10.1 Å². The molecule has 1 heterocycles. The standard InChI is InChI=1S/C11H8BrClFNO2S2/c1-6-4-10(18-11(6)12)19(16,17)15-9-5-7(13)2-3-8(9)14/h2-5,15H,1H3. The van der Waals surface area contributed by atoms with Gasteiger partial charge >= 0.3 is 0 Å². The highest BCUT2D eigenvalue weighted by molar-refractivity contribution is 9.11. The fourth-order valence-corrected chi connectivity index (χ4v) is 4.79. The number of thiophene rings is 1. The van der Waals surface area contributed by atoms with E-state index < -0.39 is 15.8 Å². The lowest BCUT2D eigenvalue weighted by Gasteiger charge is -2.07. The molecular formula is C11H8BrClFNO2S2. The molecule has 8 heteroatoms. The topological polar surface area (TPSA) is 46.2 Å². The Morgan fingerprint density at radius 1 is 1.37 bits per heavy atom. The van der Waals surface area contributed by atoms with Crippen LogP contribution in [0.1, 0.15) is 5.56 Å². The molecule has 0 aliphatic carbocycles. The number of hydrogen-bond acceptors (Lipinski definition) is 3. The fraction of sp³-hybridized carbons (Fsp3) is 0.0909. The monoisotopic (exact) mass is 383 g/mol. The number of rotatable bonds is 3. The van der Waals surface area contributed by atoms with Gasteiger partial charge in [0.1, 0.15) is 10.0 Å². The van der Waals surface area contributed by atoms with Crippen molar-refractivity contribution in [3.05, 3.63) is 44.5 Å². The molecule has 0 aliphatic rings. The van der Waals surface area contributed by atoms with Gasteiger partial charge in [0.2, 0.25) is 0 Å². The van der Waals surface area contributed by atoms with Crippen LogP contribution in [-0.2, 0) is 10.0 Å². The second-order valence-electron chi connectivity index (χ2n) is 3.75. The van der Waals surface area contributed by atoms with Crippen molar-refractivity contribution in [2.45, 2.75) is 11.1 Å². The summed E-state index contributed by atoms with van der Waals surface area (Å²) in [5, 5.41) is 0.252. The summed E-state index contributed by atoms with van der Waals surface area (Å²) in [5.74, 6) is -0.680. The van der Waals surface area contributed by atoms with Gasteiger partial charge in [0.05, 0.1) is 9.47 Å². The molecule has 3 nitrogen and oxygen atoms in total. The summed E-state index contributed by atoms with van der Waals surface area (Å²) in [7, 11) is -3.81. The fourth-order valence-electron chi connectivity index (χ4n) is 1.33. The molecule has 2 aromatic rings. The second-order valence-corrected chi connectivity index (χ2v) is 8.47. The smallest absolute Gasteiger partial charge is 0.271 e. The summed E-state index contributed by atoms with van der Waals surface area (Å²) in [6.45, 7) is 1.78. The van der Waals surface area contributed by atoms with Crippen LogP contribution in [-0.4, -0.2) is 8.42 Å². The third kappa shape index (κ3) is 3.28. The number of hydrogen-bond donors (Lipinski definition) is 1. The first kappa shape index (κ1) is 14.8. The first-order valence-electron chi connectivity index (χ1n) is 5.03. The van der Waals surface area contributed by atoms with Crippen LogP contribution in [0.5, 0.6) is 0 Å². The summed E-state index contributed by atoms with van der Waals surface area (Å²) in [4.78, 5) is 0. The summed E-state index contributed by atoms with van der Waals surface area (Å²) >= 11 is 10.0. The average Bonchev–Trinajstić information content (AvgIpc) is 2.65. The summed E-state index contributed by atoms with van der Waals surface area (Å²) in [6.07, 6.45) is 0. The number of sulfonamides is 1. The van der Waals surface area contributed by atoms with Gasteiger partial charge in [-0.05, 0) is 52.7 Å². The molecule has 1 N–H and O–H groups in total. The lowest BCUT2D eigenvalue weighted by Crippen LogP contribution is -2.12. The Morgan fingerprint density at radius 3 is 2.63 bits per heavy atom. The third-order valence-corrected chi connectivity index (χ3v) is 6.48. The minimum Gasteiger partial charge on any atom is -0.276 e. The predicted molar refractivity (Wildman–Crippen MR) is 79.0 cm³/mol. The van der Waals surface area contributed by atoms with E-state index in [0.717, 1.165) is 26.8 Å². The zero-order valence-electron chi connectivity index (χ0n) is 9.58. The summed E-state index contributed by atoms with van der Waals surface area (Å²) in [5.41, 5.74) is 0.631. The minimum absolute atomic E-state index is 0.108. The van der Waals surface area contributed by atoms with Gasteiger partial charge in [0, 0.05) is 5.02 Å². The Balaban J connectivity index is 2.39. The van der Waals surface area contributed by atoms with E-state index in [9.17, 15) is 12.8 Å². The lowest BCUT2D eigenvalue weighted by molar-refractivity contribution is 0.600. The van der Waals surface area contributed by atoms with Crippen LogP contribution in [0, 0.1) is 12.7 Å². The van der Waals surface area contributed by atoms with Gasteiger partial charge in [0.15, 0.2) is 0 Å². The molecule has 19 heavy (non-hydrogen) atoms. The van der Waals surface area contributed by atoms with E-state index in [1.807, 2.05) is 0 Å². The van der Waals surface area contributed by atoms with Crippen molar-refractivity contribution in [1.29, 1.82) is 0 Å². The quantitative estimate of drug-likeness (QED) is 0.852. The largest absolute Gasteiger partial charge is 0.276 e. The number of aryl methyl sites for hydroxylation is 1. The normalized spacial score (nSPS) is 11.6. The molecule has 0 atom stereocenters. The van der Waals surface area contributed by atoms with E-state index in [4.69, 9.17) is 11.6 Å². The van der Waals surface area contributed by atoms with Crippen molar-refractivity contribution in [2.75, 3.05) is 4.72 Å². The number of halogens is 3. The maximum absolute atomic E-state index is 13.5. The van der Waals surface area contributed by atoms with Crippen molar-refractivity contribution in [2.24, 2.45) is 0 Å². The van der Waals surface area contributed by atoms with Crippen molar-refractivity contribution in [1.82, 2.24) is 0 Å². The lowest BCUT2D eigenvalue weighted by atomic mass is 10.3. The van der Waals surface area contributed by atoms with Gasteiger partial charge in [0.25, 0.3) is 10.0 Å². The average molecular weight is 385 g/mol. The molecule has 0 unspecified atom stereocenters. The van der Waals surface area contributed by atoms with Crippen molar-refractivity contribution >= 4 is 54.6 Å². The molecule has 1 aromatic carbocycles. The van der Waals surface area contributed by atoms with Crippen LogP contribution in [0.2, 0.25) is 5.02 Å². The summed E-state index contributed by atoms with van der Waals surface area (Å²) < 4.78 is 40.7. The molecular weight excluding hydrogens is 377 g/mol. The first-order valence-corrected chi connectivity index (χ1v) is 8.50. The van der Waals surface area contributed by atoms with E-state index in [-0.39, 0.29) is 14.9 Å². The first-order chi connectivity index (χ1) is 8.79. The molecule has 0 saturated carbocycles. The molecule has 2 rings (SSSR count). The zero-order valence-corrected chi connectivity index (χ0v) is 13.6. The van der Waals surface area contributed by atoms with Crippen LogP contribution >= 0.6 is 38.9 Å². The Morgan fingerprint density at radius 2 is 2.05 bits per heavy atom. The molecule has 0 spiro atoms. The van der Waals surface area contributed by atoms with Crippen LogP contribution in [0.3, 0.4) is 0 Å². The molecule has 0 bridgehead atoms. The van der Waals surface area contributed by atoms with E-state index in [1.54, 1.807) is 6.92 Å². The van der Waals surface area contributed by atoms with E-state index in [0.29, 0.717) is 0 Å².